The molecule has 4 heteroatoms. The van der Waals surface area contributed by atoms with E-state index in [2.05, 4.69) is 17.9 Å². The van der Waals surface area contributed by atoms with Gasteiger partial charge in [-0.25, -0.2) is 0 Å². The zero-order chi connectivity index (χ0) is 13.7. The van der Waals surface area contributed by atoms with Crippen LogP contribution in [0.25, 0.3) is 0 Å². The Morgan fingerprint density at radius 3 is 2.39 bits per heavy atom. The van der Waals surface area contributed by atoms with Crippen molar-refractivity contribution in [2.24, 2.45) is 11.8 Å². The molecule has 0 aromatic rings. The maximum absolute atomic E-state index is 12.3. The Kier molecular flexibility index (Phi) is 5.61. The minimum absolute atomic E-state index is 0.0116. The largest absolute Gasteiger partial charge is 0.342 e. The van der Waals surface area contributed by atoms with Crippen molar-refractivity contribution in [3.05, 3.63) is 0 Å². The number of hydrogen-bond acceptors (Lipinski definition) is 3. The van der Waals surface area contributed by atoms with E-state index in [0.717, 1.165) is 32.5 Å². The highest BCUT2D eigenvalue weighted by Gasteiger charge is 2.30. The summed E-state index contributed by atoms with van der Waals surface area (Å²) in [6.07, 6.45) is 2.04. The van der Waals surface area contributed by atoms with Crippen LogP contribution in [-0.2, 0) is 4.79 Å². The molecule has 1 saturated heterocycles. The Morgan fingerprint density at radius 2 is 2.00 bits per heavy atom. The maximum Gasteiger partial charge on any atom is 0.240 e. The summed E-state index contributed by atoms with van der Waals surface area (Å²) in [7, 11) is 1.85. The summed E-state index contributed by atoms with van der Waals surface area (Å²) in [5, 5.41) is 9.09. The van der Waals surface area contributed by atoms with Crippen LogP contribution in [-0.4, -0.2) is 48.4 Å². The molecule has 0 saturated carbocycles. The molecule has 1 unspecified atom stereocenters. The molecule has 1 amide bonds. The van der Waals surface area contributed by atoms with E-state index in [9.17, 15) is 4.79 Å². The van der Waals surface area contributed by atoms with Crippen molar-refractivity contribution in [2.75, 3.05) is 26.7 Å². The van der Waals surface area contributed by atoms with Gasteiger partial charge in [-0.1, -0.05) is 20.8 Å². The van der Waals surface area contributed by atoms with Crippen molar-refractivity contribution < 1.29 is 4.79 Å². The zero-order valence-electron chi connectivity index (χ0n) is 12.0. The summed E-state index contributed by atoms with van der Waals surface area (Å²) in [6, 6.07) is 2.44. The van der Waals surface area contributed by atoms with Gasteiger partial charge in [0.2, 0.25) is 5.91 Å². The van der Waals surface area contributed by atoms with Gasteiger partial charge in [0.1, 0.15) is 5.92 Å². The molecule has 0 aromatic carbocycles. The SMILES string of the molecule is CCN1CCC(N(C)C(=O)C(C#N)C(C)C)CC1. The third-order valence-corrected chi connectivity index (χ3v) is 3.97. The molecule has 4 nitrogen and oxygen atoms in total. The van der Waals surface area contributed by atoms with Crippen LogP contribution >= 0.6 is 0 Å². The number of piperidine rings is 1. The van der Waals surface area contributed by atoms with Crippen LogP contribution < -0.4 is 0 Å². The maximum atomic E-state index is 12.3. The normalized spacial score (nSPS) is 19.6. The van der Waals surface area contributed by atoms with Gasteiger partial charge in [-0.15, -0.1) is 0 Å². The lowest BCUT2D eigenvalue weighted by atomic mass is 9.94. The molecule has 102 valence electrons. The van der Waals surface area contributed by atoms with Gasteiger partial charge in [0, 0.05) is 26.2 Å². The highest BCUT2D eigenvalue weighted by Crippen LogP contribution is 2.19. The van der Waals surface area contributed by atoms with Gasteiger partial charge in [-0.3, -0.25) is 4.79 Å². The first kappa shape index (κ1) is 15.0. The van der Waals surface area contributed by atoms with Gasteiger partial charge >= 0.3 is 0 Å². The molecule has 1 atom stereocenters. The number of carbonyl (C=O) groups excluding carboxylic acids is 1. The summed E-state index contributed by atoms with van der Waals surface area (Å²) in [5.74, 6) is -0.428. The lowest BCUT2D eigenvalue weighted by Crippen LogP contribution is -2.47. The van der Waals surface area contributed by atoms with Gasteiger partial charge in [0.05, 0.1) is 6.07 Å². The standard InChI is InChI=1S/C14H25N3O/c1-5-17-8-6-12(7-9-17)16(4)14(18)13(10-15)11(2)3/h11-13H,5-9H2,1-4H3. The van der Waals surface area contributed by atoms with Gasteiger partial charge in [0.15, 0.2) is 0 Å². The quantitative estimate of drug-likeness (QED) is 0.764. The van der Waals surface area contributed by atoms with Crippen LogP contribution in [0.5, 0.6) is 0 Å². The van der Waals surface area contributed by atoms with Gasteiger partial charge in [-0.2, -0.15) is 5.26 Å². The number of likely N-dealkylation sites (tertiary alicyclic amines) is 1. The summed E-state index contributed by atoms with van der Waals surface area (Å²) >= 11 is 0. The molecule has 1 fully saturated rings. The molecule has 0 N–H and O–H groups in total. The van der Waals surface area contributed by atoms with Crippen molar-refractivity contribution >= 4 is 5.91 Å². The van der Waals surface area contributed by atoms with Crippen molar-refractivity contribution in [3.8, 4) is 6.07 Å². The summed E-state index contributed by atoms with van der Waals surface area (Å²) < 4.78 is 0. The van der Waals surface area contributed by atoms with Gasteiger partial charge in [0.25, 0.3) is 0 Å². The molecule has 0 spiro atoms. The summed E-state index contributed by atoms with van der Waals surface area (Å²) in [5.41, 5.74) is 0. The second kappa shape index (κ2) is 6.75. The molecule has 1 aliphatic heterocycles. The minimum Gasteiger partial charge on any atom is -0.342 e. The zero-order valence-corrected chi connectivity index (χ0v) is 12.0. The van der Waals surface area contributed by atoms with Crippen LogP contribution in [0.2, 0.25) is 0 Å². The van der Waals surface area contributed by atoms with Crippen molar-refractivity contribution in [3.63, 3.8) is 0 Å². The number of carbonyl (C=O) groups is 1. The summed E-state index contributed by atoms with van der Waals surface area (Å²) in [4.78, 5) is 16.5. The molecule has 18 heavy (non-hydrogen) atoms. The van der Waals surface area contributed by atoms with E-state index in [0.29, 0.717) is 6.04 Å². The van der Waals surface area contributed by atoms with E-state index in [4.69, 9.17) is 5.26 Å². The molecule has 0 aromatic heterocycles. The van der Waals surface area contributed by atoms with Crippen LogP contribution in [0, 0.1) is 23.2 Å². The van der Waals surface area contributed by atoms with E-state index in [1.54, 1.807) is 4.90 Å². The van der Waals surface area contributed by atoms with Gasteiger partial charge < -0.3 is 9.80 Å². The monoisotopic (exact) mass is 251 g/mol. The summed E-state index contributed by atoms with van der Waals surface area (Å²) in [6.45, 7) is 9.21. The number of nitriles is 1. The molecule has 0 radical (unpaired) electrons. The van der Waals surface area contributed by atoms with Crippen LogP contribution in [0.4, 0.5) is 0 Å². The third kappa shape index (κ3) is 3.46. The second-order valence-corrected chi connectivity index (χ2v) is 5.47. The van der Waals surface area contributed by atoms with E-state index >= 15 is 0 Å². The lowest BCUT2D eigenvalue weighted by Gasteiger charge is -2.37. The number of nitrogens with zero attached hydrogens (tertiary/aromatic N) is 3. The first-order chi connectivity index (χ1) is 8.51. The van der Waals surface area contributed by atoms with E-state index < -0.39 is 5.92 Å². The lowest BCUT2D eigenvalue weighted by molar-refractivity contribution is -0.136. The Labute approximate surface area is 111 Å². The Morgan fingerprint density at radius 1 is 1.44 bits per heavy atom. The highest BCUT2D eigenvalue weighted by molar-refractivity contribution is 5.81. The van der Waals surface area contributed by atoms with Crippen molar-refractivity contribution in [2.45, 2.75) is 39.7 Å². The number of rotatable bonds is 4. The molecule has 1 aliphatic rings. The molecular weight excluding hydrogens is 226 g/mol. The predicted molar refractivity (Wildman–Crippen MR) is 71.8 cm³/mol. The Bertz CT molecular complexity index is 313. The fraction of sp³-hybridized carbons (Fsp3) is 0.857. The highest BCUT2D eigenvalue weighted by atomic mass is 16.2. The molecule has 1 rings (SSSR count). The Balaban J connectivity index is 2.57. The third-order valence-electron chi connectivity index (χ3n) is 3.97. The molecule has 0 bridgehead atoms. The average Bonchev–Trinajstić information content (AvgIpc) is 2.38. The van der Waals surface area contributed by atoms with Crippen molar-refractivity contribution in [1.82, 2.24) is 9.80 Å². The minimum atomic E-state index is -0.501. The van der Waals surface area contributed by atoms with Crippen LogP contribution in [0.15, 0.2) is 0 Å². The van der Waals surface area contributed by atoms with E-state index in [-0.39, 0.29) is 11.8 Å². The topological polar surface area (TPSA) is 47.3 Å². The van der Waals surface area contributed by atoms with E-state index in [1.807, 2.05) is 20.9 Å². The first-order valence-electron chi connectivity index (χ1n) is 6.89. The molecule has 0 aliphatic carbocycles. The Hall–Kier alpha value is -1.08. The number of amides is 1. The fourth-order valence-corrected chi connectivity index (χ4v) is 2.51. The van der Waals surface area contributed by atoms with Crippen LogP contribution in [0.3, 0.4) is 0 Å². The van der Waals surface area contributed by atoms with Gasteiger partial charge in [-0.05, 0) is 25.3 Å². The van der Waals surface area contributed by atoms with Crippen molar-refractivity contribution in [1.29, 1.82) is 5.26 Å². The molecule has 1 heterocycles. The predicted octanol–water partition coefficient (Wildman–Crippen LogP) is 1.72. The number of hydrogen-bond donors (Lipinski definition) is 0. The van der Waals surface area contributed by atoms with E-state index in [1.165, 1.54) is 0 Å². The average molecular weight is 251 g/mol. The second-order valence-electron chi connectivity index (χ2n) is 5.47. The molecular formula is C14H25N3O. The fourth-order valence-electron chi connectivity index (χ4n) is 2.51. The first-order valence-corrected chi connectivity index (χ1v) is 6.89. The smallest absolute Gasteiger partial charge is 0.240 e. The van der Waals surface area contributed by atoms with Crippen LogP contribution in [0.1, 0.15) is 33.6 Å².